The molecule has 20 heavy (non-hydrogen) atoms. The lowest BCUT2D eigenvalue weighted by Crippen LogP contribution is -2.47. The Hall–Kier alpha value is -1.69. The molecule has 0 amide bonds. The highest BCUT2D eigenvalue weighted by molar-refractivity contribution is 5.66. The van der Waals surface area contributed by atoms with Crippen molar-refractivity contribution in [2.24, 2.45) is 11.7 Å². The average Bonchev–Trinajstić information content (AvgIpc) is 2.39. The van der Waals surface area contributed by atoms with Gasteiger partial charge in [0.2, 0.25) is 0 Å². The monoisotopic (exact) mass is 284 g/mol. The molecule has 4 nitrogen and oxygen atoms in total. The van der Waals surface area contributed by atoms with Crippen LogP contribution in [0.3, 0.4) is 0 Å². The van der Waals surface area contributed by atoms with Crippen LogP contribution in [0.1, 0.15) is 19.3 Å². The lowest BCUT2D eigenvalue weighted by molar-refractivity contribution is -0.137. The van der Waals surface area contributed by atoms with Crippen LogP contribution in [0.25, 0.3) is 0 Å². The lowest BCUT2D eigenvalue weighted by atomic mass is 9.90. The first-order valence-electron chi connectivity index (χ1n) is 6.63. The first-order chi connectivity index (χ1) is 9.45. The number of rotatable bonds is 4. The van der Waals surface area contributed by atoms with Crippen molar-refractivity contribution in [1.29, 1.82) is 0 Å². The number of anilines is 1. The van der Waals surface area contributed by atoms with E-state index in [9.17, 15) is 13.6 Å². The number of nitrogens with two attached hydrogens (primary N) is 1. The Morgan fingerprint density at radius 2 is 2.10 bits per heavy atom. The number of aliphatic carboxylic acids is 1. The van der Waals surface area contributed by atoms with Crippen molar-refractivity contribution in [3.8, 4) is 0 Å². The van der Waals surface area contributed by atoms with Gasteiger partial charge in [-0.1, -0.05) is 0 Å². The van der Waals surface area contributed by atoms with Crippen LogP contribution in [0.15, 0.2) is 18.2 Å². The maximum absolute atomic E-state index is 13.3. The van der Waals surface area contributed by atoms with Crippen LogP contribution in [0.4, 0.5) is 14.5 Å². The van der Waals surface area contributed by atoms with Crippen molar-refractivity contribution in [3.05, 3.63) is 29.8 Å². The van der Waals surface area contributed by atoms with Gasteiger partial charge >= 0.3 is 5.97 Å². The van der Waals surface area contributed by atoms with E-state index in [4.69, 9.17) is 10.8 Å². The van der Waals surface area contributed by atoms with Crippen molar-refractivity contribution < 1.29 is 18.7 Å². The quantitative estimate of drug-likeness (QED) is 0.887. The highest BCUT2D eigenvalue weighted by atomic mass is 19.2. The maximum Gasteiger partial charge on any atom is 0.303 e. The molecule has 2 rings (SSSR count). The molecule has 1 aromatic rings. The Bertz CT molecular complexity index is 496. The van der Waals surface area contributed by atoms with Gasteiger partial charge in [-0.25, -0.2) is 8.78 Å². The van der Waals surface area contributed by atoms with Crippen LogP contribution >= 0.6 is 0 Å². The molecule has 1 aliphatic heterocycles. The molecule has 2 unspecified atom stereocenters. The van der Waals surface area contributed by atoms with Crippen molar-refractivity contribution in [2.45, 2.75) is 25.3 Å². The molecule has 110 valence electrons. The molecule has 1 aromatic carbocycles. The second-order valence-electron chi connectivity index (χ2n) is 5.30. The second-order valence-corrected chi connectivity index (χ2v) is 5.30. The summed E-state index contributed by atoms with van der Waals surface area (Å²) in [6.07, 6.45) is 1.40. The molecular weight excluding hydrogens is 266 g/mol. The molecule has 6 heteroatoms. The third-order valence-electron chi connectivity index (χ3n) is 3.60. The molecule has 1 fully saturated rings. The van der Waals surface area contributed by atoms with Gasteiger partial charge in [0, 0.05) is 37.3 Å². The topological polar surface area (TPSA) is 66.6 Å². The number of nitrogens with zero attached hydrogens (tertiary/aromatic N) is 1. The fourth-order valence-corrected chi connectivity index (χ4v) is 2.68. The van der Waals surface area contributed by atoms with E-state index >= 15 is 0 Å². The summed E-state index contributed by atoms with van der Waals surface area (Å²) in [6, 6.07) is 3.68. The van der Waals surface area contributed by atoms with Gasteiger partial charge < -0.3 is 15.7 Å². The number of carboxylic acid groups (broad SMARTS) is 1. The van der Waals surface area contributed by atoms with Crippen LogP contribution in [0.5, 0.6) is 0 Å². The van der Waals surface area contributed by atoms with E-state index in [1.807, 2.05) is 4.90 Å². The van der Waals surface area contributed by atoms with Crippen LogP contribution in [0, 0.1) is 17.6 Å². The molecule has 1 saturated heterocycles. The number of benzene rings is 1. The van der Waals surface area contributed by atoms with E-state index in [1.54, 1.807) is 0 Å². The molecule has 0 spiro atoms. The summed E-state index contributed by atoms with van der Waals surface area (Å²) in [5.41, 5.74) is 6.55. The summed E-state index contributed by atoms with van der Waals surface area (Å²) < 4.78 is 26.2. The molecule has 0 aromatic heterocycles. The van der Waals surface area contributed by atoms with Gasteiger partial charge in [-0.2, -0.15) is 0 Å². The molecule has 0 saturated carbocycles. The summed E-state index contributed by atoms with van der Waals surface area (Å²) in [4.78, 5) is 12.5. The summed E-state index contributed by atoms with van der Waals surface area (Å²) in [5.74, 6) is -2.44. The van der Waals surface area contributed by atoms with E-state index in [1.165, 1.54) is 6.07 Å². The molecule has 1 heterocycles. The van der Waals surface area contributed by atoms with E-state index in [0.29, 0.717) is 25.2 Å². The third kappa shape index (κ3) is 3.66. The molecule has 1 aliphatic rings. The molecular formula is C14H18F2N2O2. The minimum Gasteiger partial charge on any atom is -0.481 e. The van der Waals surface area contributed by atoms with Gasteiger partial charge in [-0.05, 0) is 30.9 Å². The zero-order chi connectivity index (χ0) is 14.7. The predicted molar refractivity (Wildman–Crippen MR) is 71.5 cm³/mol. The highest BCUT2D eigenvalue weighted by Crippen LogP contribution is 2.26. The number of piperidine rings is 1. The van der Waals surface area contributed by atoms with E-state index in [-0.39, 0.29) is 18.4 Å². The van der Waals surface area contributed by atoms with Crippen molar-refractivity contribution in [3.63, 3.8) is 0 Å². The van der Waals surface area contributed by atoms with Crippen LogP contribution in [-0.2, 0) is 4.79 Å². The number of halogens is 2. The fourth-order valence-electron chi connectivity index (χ4n) is 2.68. The Labute approximate surface area is 116 Å². The average molecular weight is 284 g/mol. The summed E-state index contributed by atoms with van der Waals surface area (Å²) in [6.45, 7) is 1.18. The van der Waals surface area contributed by atoms with Gasteiger partial charge in [0.25, 0.3) is 0 Å². The zero-order valence-electron chi connectivity index (χ0n) is 11.1. The number of carboxylic acids is 1. The Morgan fingerprint density at radius 3 is 2.75 bits per heavy atom. The summed E-state index contributed by atoms with van der Waals surface area (Å²) >= 11 is 0. The molecule has 0 bridgehead atoms. The molecule has 3 N–H and O–H groups in total. The third-order valence-corrected chi connectivity index (χ3v) is 3.60. The minimum atomic E-state index is -0.885. The second kappa shape index (κ2) is 6.17. The first kappa shape index (κ1) is 14.7. The van der Waals surface area contributed by atoms with Crippen molar-refractivity contribution >= 4 is 11.7 Å². The van der Waals surface area contributed by atoms with Gasteiger partial charge in [0.1, 0.15) is 0 Å². The highest BCUT2D eigenvalue weighted by Gasteiger charge is 2.26. The van der Waals surface area contributed by atoms with Crippen LogP contribution in [-0.4, -0.2) is 30.2 Å². The standard InChI is InChI=1S/C14H18F2N2O2/c15-12-3-2-11(6-13(12)16)18-7-9(1-4-14(19)20)5-10(17)8-18/h2-3,6,9-10H,1,4-5,7-8,17H2,(H,19,20). The van der Waals surface area contributed by atoms with Gasteiger partial charge in [-0.3, -0.25) is 4.79 Å². The van der Waals surface area contributed by atoms with Gasteiger partial charge in [0.05, 0.1) is 0 Å². The first-order valence-corrected chi connectivity index (χ1v) is 6.63. The molecule has 0 radical (unpaired) electrons. The van der Waals surface area contributed by atoms with E-state index < -0.39 is 17.6 Å². The van der Waals surface area contributed by atoms with Crippen LogP contribution in [0.2, 0.25) is 0 Å². The Balaban J connectivity index is 2.06. The number of hydrogen-bond donors (Lipinski definition) is 2. The smallest absolute Gasteiger partial charge is 0.303 e. The largest absolute Gasteiger partial charge is 0.481 e. The minimum absolute atomic E-state index is 0.0874. The van der Waals surface area contributed by atoms with Crippen LogP contribution < -0.4 is 10.6 Å². The maximum atomic E-state index is 13.3. The number of hydrogen-bond acceptors (Lipinski definition) is 3. The summed E-state index contributed by atoms with van der Waals surface area (Å²) in [7, 11) is 0. The normalized spacial score (nSPS) is 22.9. The number of carbonyl (C=O) groups is 1. The van der Waals surface area contributed by atoms with Crippen molar-refractivity contribution in [1.82, 2.24) is 0 Å². The molecule has 0 aliphatic carbocycles. The van der Waals surface area contributed by atoms with E-state index in [0.717, 1.165) is 18.6 Å². The van der Waals surface area contributed by atoms with Gasteiger partial charge in [-0.15, -0.1) is 0 Å². The Morgan fingerprint density at radius 1 is 1.35 bits per heavy atom. The lowest BCUT2D eigenvalue weighted by Gasteiger charge is -2.37. The van der Waals surface area contributed by atoms with Gasteiger partial charge in [0.15, 0.2) is 11.6 Å². The van der Waals surface area contributed by atoms with Crippen molar-refractivity contribution in [2.75, 3.05) is 18.0 Å². The Kier molecular flexibility index (Phi) is 4.54. The SMILES string of the molecule is NC1CC(CCC(=O)O)CN(c2ccc(F)c(F)c2)C1. The fraction of sp³-hybridized carbons (Fsp3) is 0.500. The zero-order valence-corrected chi connectivity index (χ0v) is 11.1. The molecule has 2 atom stereocenters. The van der Waals surface area contributed by atoms with E-state index in [2.05, 4.69) is 0 Å². The summed E-state index contributed by atoms with van der Waals surface area (Å²) in [5, 5.41) is 8.72. The predicted octanol–water partition coefficient (Wildman–Crippen LogP) is 1.98.